The van der Waals surface area contributed by atoms with Gasteiger partial charge in [0.2, 0.25) is 0 Å². The number of carbonyl (C=O) groups is 1. The van der Waals surface area contributed by atoms with E-state index in [2.05, 4.69) is 9.72 Å². The molecule has 0 aliphatic rings. The van der Waals surface area contributed by atoms with Crippen molar-refractivity contribution in [3.05, 3.63) is 52.3 Å². The number of benzene rings is 1. The minimum atomic E-state index is -2.93. The van der Waals surface area contributed by atoms with Crippen LogP contribution in [0.3, 0.4) is 0 Å². The van der Waals surface area contributed by atoms with Crippen LogP contribution >= 0.6 is 22.7 Å². The maximum absolute atomic E-state index is 12.6. The first-order valence-electron chi connectivity index (χ1n) is 7.85. The summed E-state index contributed by atoms with van der Waals surface area (Å²) >= 11 is 2.90. The van der Waals surface area contributed by atoms with Gasteiger partial charge in [-0.05, 0) is 29.1 Å². The Bertz CT molecular complexity index is 913. The molecule has 0 radical (unpaired) electrons. The van der Waals surface area contributed by atoms with Crippen LogP contribution in [0.25, 0.3) is 9.88 Å². The number of methoxy groups -OCH3 is 1. The number of amides is 1. The van der Waals surface area contributed by atoms with E-state index in [9.17, 15) is 13.6 Å². The molecule has 0 N–H and O–H groups in total. The summed E-state index contributed by atoms with van der Waals surface area (Å²) in [4.78, 5) is 20.0. The maximum atomic E-state index is 12.6. The topological polar surface area (TPSA) is 51.7 Å². The minimum absolute atomic E-state index is 0.0479. The zero-order valence-corrected chi connectivity index (χ0v) is 16.2. The molecule has 0 saturated carbocycles. The number of rotatable bonds is 7. The molecule has 0 aliphatic heterocycles. The second-order valence-corrected chi connectivity index (χ2v) is 7.51. The van der Waals surface area contributed by atoms with E-state index in [1.54, 1.807) is 36.7 Å². The van der Waals surface area contributed by atoms with Crippen LogP contribution in [0.5, 0.6) is 11.5 Å². The van der Waals surface area contributed by atoms with Gasteiger partial charge in [0.25, 0.3) is 5.91 Å². The molecule has 142 valence electrons. The smallest absolute Gasteiger partial charge is 0.387 e. The third kappa shape index (κ3) is 4.61. The van der Waals surface area contributed by atoms with Gasteiger partial charge in [0, 0.05) is 13.6 Å². The molecule has 0 unspecified atom stereocenters. The number of ether oxygens (including phenoxy) is 2. The summed E-state index contributed by atoms with van der Waals surface area (Å²) in [5, 5.41) is 2.76. The normalized spacial score (nSPS) is 10.9. The summed E-state index contributed by atoms with van der Waals surface area (Å²) in [6.07, 6.45) is 1.57. The average Bonchev–Trinajstić information content (AvgIpc) is 3.33. The highest BCUT2D eigenvalue weighted by Crippen LogP contribution is 2.31. The first kappa shape index (κ1) is 19.2. The Labute approximate surface area is 162 Å². The van der Waals surface area contributed by atoms with Crippen molar-refractivity contribution in [1.82, 2.24) is 9.88 Å². The van der Waals surface area contributed by atoms with Gasteiger partial charge in [0.15, 0.2) is 11.5 Å². The third-order valence-electron chi connectivity index (χ3n) is 3.66. The van der Waals surface area contributed by atoms with E-state index in [4.69, 9.17) is 4.74 Å². The van der Waals surface area contributed by atoms with Crippen LogP contribution in [-0.4, -0.2) is 36.6 Å². The lowest BCUT2D eigenvalue weighted by atomic mass is 10.2. The van der Waals surface area contributed by atoms with Crippen molar-refractivity contribution in [2.45, 2.75) is 13.2 Å². The Morgan fingerprint density at radius 2 is 2.11 bits per heavy atom. The number of alkyl halides is 2. The largest absolute Gasteiger partial charge is 0.493 e. The fourth-order valence-corrected chi connectivity index (χ4v) is 4.14. The number of nitrogens with zero attached hydrogens (tertiary/aromatic N) is 2. The lowest BCUT2D eigenvalue weighted by Crippen LogP contribution is -2.25. The van der Waals surface area contributed by atoms with Gasteiger partial charge in [-0.15, -0.1) is 22.7 Å². The van der Waals surface area contributed by atoms with Crippen molar-refractivity contribution in [2.24, 2.45) is 0 Å². The monoisotopic (exact) mass is 410 g/mol. The number of aromatic nitrogens is 1. The molecule has 1 aromatic carbocycles. The second kappa shape index (κ2) is 8.45. The van der Waals surface area contributed by atoms with Gasteiger partial charge in [0.05, 0.1) is 18.2 Å². The molecule has 0 atom stereocenters. The molecule has 0 bridgehead atoms. The molecular formula is C18H16F2N2O3S2. The predicted octanol–water partition coefficient (Wildman–Crippen LogP) is 4.75. The maximum Gasteiger partial charge on any atom is 0.387 e. The average molecular weight is 410 g/mol. The van der Waals surface area contributed by atoms with Gasteiger partial charge in [0.1, 0.15) is 9.88 Å². The Kier molecular flexibility index (Phi) is 6.02. The van der Waals surface area contributed by atoms with Crippen LogP contribution in [0, 0.1) is 0 Å². The zero-order valence-electron chi connectivity index (χ0n) is 14.5. The van der Waals surface area contributed by atoms with Crippen LogP contribution in [0.4, 0.5) is 8.78 Å². The second-order valence-electron chi connectivity index (χ2n) is 5.53. The lowest BCUT2D eigenvalue weighted by molar-refractivity contribution is -0.0512. The number of thiophene rings is 1. The Balaban J connectivity index is 1.71. The van der Waals surface area contributed by atoms with E-state index in [-0.39, 0.29) is 24.0 Å². The fraction of sp³-hybridized carbons (Fsp3) is 0.222. The summed E-state index contributed by atoms with van der Waals surface area (Å²) in [5.74, 6) is -0.0260. The van der Waals surface area contributed by atoms with Gasteiger partial charge in [-0.3, -0.25) is 4.79 Å². The highest BCUT2D eigenvalue weighted by atomic mass is 32.1. The number of carbonyl (C=O) groups excluding carboxylic acids is 1. The first-order valence-corrected chi connectivity index (χ1v) is 9.54. The Morgan fingerprint density at radius 3 is 2.78 bits per heavy atom. The molecule has 9 heteroatoms. The molecule has 0 aliphatic carbocycles. The van der Waals surface area contributed by atoms with E-state index >= 15 is 0 Å². The standard InChI is InChI=1S/C18H16F2N2O3S2/c1-22(10-11-5-6-12(25-18(19)20)13(8-11)24-2)17(23)15-9-21-16(27-15)14-4-3-7-26-14/h3-9,18H,10H2,1-2H3. The van der Waals surface area contributed by atoms with Gasteiger partial charge in [-0.1, -0.05) is 12.1 Å². The van der Waals surface area contributed by atoms with E-state index in [1.165, 1.54) is 29.4 Å². The predicted molar refractivity (Wildman–Crippen MR) is 101 cm³/mol. The van der Waals surface area contributed by atoms with Crippen LogP contribution in [0.2, 0.25) is 0 Å². The quantitative estimate of drug-likeness (QED) is 0.564. The van der Waals surface area contributed by atoms with Gasteiger partial charge < -0.3 is 14.4 Å². The Morgan fingerprint density at radius 1 is 1.30 bits per heavy atom. The van der Waals surface area contributed by atoms with E-state index in [1.807, 2.05) is 17.5 Å². The number of hydrogen-bond donors (Lipinski definition) is 0. The summed E-state index contributed by atoms with van der Waals surface area (Å²) in [6.45, 7) is -2.64. The molecule has 2 heterocycles. The van der Waals surface area contributed by atoms with Crippen molar-refractivity contribution in [2.75, 3.05) is 14.2 Å². The van der Waals surface area contributed by atoms with Crippen LogP contribution in [-0.2, 0) is 6.54 Å². The van der Waals surface area contributed by atoms with Crippen LogP contribution < -0.4 is 9.47 Å². The molecule has 2 aromatic heterocycles. The SMILES string of the molecule is COc1cc(CN(C)C(=O)c2cnc(-c3cccs3)s2)ccc1OC(F)F. The van der Waals surface area contributed by atoms with Crippen molar-refractivity contribution >= 4 is 28.6 Å². The van der Waals surface area contributed by atoms with E-state index in [0.29, 0.717) is 4.88 Å². The third-order valence-corrected chi connectivity index (χ3v) is 5.68. The number of halogens is 2. The number of thiazole rings is 1. The summed E-state index contributed by atoms with van der Waals surface area (Å²) in [7, 11) is 3.04. The van der Waals surface area contributed by atoms with Crippen molar-refractivity contribution in [3.8, 4) is 21.4 Å². The minimum Gasteiger partial charge on any atom is -0.493 e. The zero-order chi connectivity index (χ0) is 19.4. The fourth-order valence-electron chi connectivity index (χ4n) is 2.42. The molecule has 27 heavy (non-hydrogen) atoms. The first-order chi connectivity index (χ1) is 13.0. The molecule has 5 nitrogen and oxygen atoms in total. The highest BCUT2D eigenvalue weighted by molar-refractivity contribution is 7.21. The summed E-state index contributed by atoms with van der Waals surface area (Å²) in [5.41, 5.74) is 0.729. The highest BCUT2D eigenvalue weighted by Gasteiger charge is 2.18. The molecule has 0 spiro atoms. The van der Waals surface area contributed by atoms with Gasteiger partial charge in [-0.25, -0.2) is 4.98 Å². The molecule has 1 amide bonds. The molecule has 0 fully saturated rings. The van der Waals surface area contributed by atoms with Crippen molar-refractivity contribution in [3.63, 3.8) is 0 Å². The lowest BCUT2D eigenvalue weighted by Gasteiger charge is -2.17. The van der Waals surface area contributed by atoms with E-state index < -0.39 is 6.61 Å². The number of hydrogen-bond acceptors (Lipinski definition) is 6. The van der Waals surface area contributed by atoms with Crippen LogP contribution in [0.15, 0.2) is 41.9 Å². The molecule has 3 rings (SSSR count). The summed E-state index contributed by atoms with van der Waals surface area (Å²) < 4.78 is 34.3. The van der Waals surface area contributed by atoms with Crippen molar-refractivity contribution in [1.29, 1.82) is 0 Å². The van der Waals surface area contributed by atoms with E-state index in [0.717, 1.165) is 15.4 Å². The summed E-state index contributed by atoms with van der Waals surface area (Å²) in [6, 6.07) is 8.49. The molecule has 3 aromatic rings. The Hall–Kier alpha value is -2.52. The van der Waals surface area contributed by atoms with Crippen molar-refractivity contribution < 1.29 is 23.0 Å². The van der Waals surface area contributed by atoms with Crippen LogP contribution in [0.1, 0.15) is 15.2 Å². The van der Waals surface area contributed by atoms with Gasteiger partial charge >= 0.3 is 6.61 Å². The molecule has 0 saturated heterocycles. The van der Waals surface area contributed by atoms with Gasteiger partial charge in [-0.2, -0.15) is 8.78 Å². The molecular weight excluding hydrogens is 394 g/mol.